The normalized spacial score (nSPS) is 20.4. The van der Waals surface area contributed by atoms with Gasteiger partial charge >= 0.3 is 0 Å². The van der Waals surface area contributed by atoms with Gasteiger partial charge in [-0.3, -0.25) is 4.79 Å². The highest BCUT2D eigenvalue weighted by Crippen LogP contribution is 2.24. The van der Waals surface area contributed by atoms with Gasteiger partial charge in [-0.05, 0) is 37.0 Å². The molecule has 0 saturated carbocycles. The smallest absolute Gasteiger partial charge is 0.211 e. The Morgan fingerprint density at radius 2 is 2.19 bits per heavy atom. The number of sulfonamides is 1. The van der Waals surface area contributed by atoms with Gasteiger partial charge < -0.3 is 0 Å². The molecule has 1 aliphatic heterocycles. The zero-order chi connectivity index (χ0) is 15.6. The second-order valence-electron chi connectivity index (χ2n) is 5.38. The van der Waals surface area contributed by atoms with Crippen molar-refractivity contribution in [3.63, 3.8) is 0 Å². The average molecular weight is 334 g/mol. The van der Waals surface area contributed by atoms with E-state index >= 15 is 0 Å². The molecule has 0 bridgehead atoms. The lowest BCUT2D eigenvalue weighted by Gasteiger charge is -2.30. The minimum absolute atomic E-state index is 0.0101. The Balaban J connectivity index is 2.05. The summed E-state index contributed by atoms with van der Waals surface area (Å²) in [5, 5.41) is 0.241. The number of carbonyl (C=O) groups is 1. The maximum Gasteiger partial charge on any atom is 0.211 e. The van der Waals surface area contributed by atoms with E-state index in [0.29, 0.717) is 19.5 Å². The van der Waals surface area contributed by atoms with Crippen molar-refractivity contribution in [1.82, 2.24) is 4.31 Å². The van der Waals surface area contributed by atoms with Gasteiger partial charge in [0.25, 0.3) is 0 Å². The van der Waals surface area contributed by atoms with Gasteiger partial charge in [0.15, 0.2) is 5.78 Å². The topological polar surface area (TPSA) is 54.5 Å². The van der Waals surface area contributed by atoms with Crippen molar-refractivity contribution in [2.24, 2.45) is 5.92 Å². The van der Waals surface area contributed by atoms with Crippen LogP contribution in [0.4, 0.5) is 4.39 Å². The van der Waals surface area contributed by atoms with E-state index in [-0.39, 0.29) is 28.7 Å². The number of nitrogens with zero attached hydrogens (tertiary/aromatic N) is 1. The zero-order valence-electron chi connectivity index (χ0n) is 11.7. The minimum atomic E-state index is -3.24. The molecule has 0 amide bonds. The number of hydrogen-bond acceptors (Lipinski definition) is 3. The highest BCUT2D eigenvalue weighted by molar-refractivity contribution is 7.88. The van der Waals surface area contributed by atoms with Crippen molar-refractivity contribution >= 4 is 27.4 Å². The van der Waals surface area contributed by atoms with Gasteiger partial charge in [-0.15, -0.1) is 0 Å². The summed E-state index contributed by atoms with van der Waals surface area (Å²) in [5.41, 5.74) is 0.0101. The van der Waals surface area contributed by atoms with E-state index in [1.807, 2.05) is 0 Å². The predicted octanol–water partition coefficient (Wildman–Crippen LogP) is 2.72. The lowest BCUT2D eigenvalue weighted by atomic mass is 9.92. The first-order valence-electron chi connectivity index (χ1n) is 6.71. The number of ketones is 1. The van der Waals surface area contributed by atoms with Crippen LogP contribution in [-0.4, -0.2) is 37.9 Å². The van der Waals surface area contributed by atoms with Gasteiger partial charge in [0.1, 0.15) is 5.82 Å². The van der Waals surface area contributed by atoms with Gasteiger partial charge in [0, 0.05) is 24.5 Å². The Labute approximate surface area is 128 Å². The average Bonchev–Trinajstić information content (AvgIpc) is 2.37. The molecule has 1 atom stereocenters. The number of Topliss-reactive ketones (excluding diaryl/α,β-unsaturated/α-hetero) is 1. The van der Waals surface area contributed by atoms with E-state index in [1.165, 1.54) is 16.4 Å². The van der Waals surface area contributed by atoms with Crippen LogP contribution in [0.5, 0.6) is 0 Å². The van der Waals surface area contributed by atoms with Gasteiger partial charge in [-0.2, -0.15) is 0 Å². The summed E-state index contributed by atoms with van der Waals surface area (Å²) in [7, 11) is -3.24. The molecule has 1 aromatic carbocycles. The van der Waals surface area contributed by atoms with Crippen LogP contribution >= 0.6 is 11.6 Å². The van der Waals surface area contributed by atoms with Crippen molar-refractivity contribution in [2.45, 2.75) is 19.3 Å². The Bertz CT molecular complexity index is 648. The number of carbonyl (C=O) groups excluding carboxylic acids is 1. The second kappa shape index (κ2) is 6.42. The van der Waals surface area contributed by atoms with Crippen LogP contribution in [0.2, 0.25) is 5.02 Å². The van der Waals surface area contributed by atoms with Crippen molar-refractivity contribution in [3.05, 3.63) is 34.6 Å². The van der Waals surface area contributed by atoms with Crippen LogP contribution in [0.1, 0.15) is 29.6 Å². The summed E-state index contributed by atoms with van der Waals surface area (Å²) >= 11 is 5.66. The summed E-state index contributed by atoms with van der Waals surface area (Å²) < 4.78 is 38.2. The number of halogens is 2. The first-order chi connectivity index (χ1) is 9.77. The molecule has 1 heterocycles. The van der Waals surface area contributed by atoms with Gasteiger partial charge in [0.05, 0.1) is 11.8 Å². The Hall–Kier alpha value is -0.980. The van der Waals surface area contributed by atoms with E-state index in [0.717, 1.165) is 18.7 Å². The third kappa shape index (κ3) is 4.25. The molecule has 116 valence electrons. The van der Waals surface area contributed by atoms with Crippen LogP contribution < -0.4 is 0 Å². The van der Waals surface area contributed by atoms with Gasteiger partial charge in [0.2, 0.25) is 10.0 Å². The number of rotatable bonds is 4. The Morgan fingerprint density at radius 3 is 2.81 bits per heavy atom. The lowest BCUT2D eigenvalue weighted by Crippen LogP contribution is -2.39. The maximum absolute atomic E-state index is 13.7. The molecule has 2 rings (SSSR count). The molecular formula is C14H17ClFNO3S. The summed E-state index contributed by atoms with van der Waals surface area (Å²) in [5.74, 6) is -1.02. The molecule has 1 aromatic rings. The van der Waals surface area contributed by atoms with E-state index in [1.54, 1.807) is 0 Å². The lowest BCUT2D eigenvalue weighted by molar-refractivity contribution is 0.0938. The van der Waals surface area contributed by atoms with Crippen LogP contribution in [0.3, 0.4) is 0 Å². The predicted molar refractivity (Wildman–Crippen MR) is 79.5 cm³/mol. The van der Waals surface area contributed by atoms with E-state index < -0.39 is 15.8 Å². The van der Waals surface area contributed by atoms with Gasteiger partial charge in [-0.25, -0.2) is 17.1 Å². The summed E-state index contributed by atoms with van der Waals surface area (Å²) in [6.45, 7) is 0.804. The molecular weight excluding hydrogens is 317 g/mol. The van der Waals surface area contributed by atoms with Crippen LogP contribution in [0.25, 0.3) is 0 Å². The molecule has 0 radical (unpaired) electrons. The van der Waals surface area contributed by atoms with E-state index in [9.17, 15) is 17.6 Å². The first-order valence-corrected chi connectivity index (χ1v) is 8.93. The number of piperidine rings is 1. The fourth-order valence-electron chi connectivity index (χ4n) is 2.58. The van der Waals surface area contributed by atoms with Crippen LogP contribution in [0, 0.1) is 11.7 Å². The third-order valence-electron chi connectivity index (χ3n) is 3.66. The monoisotopic (exact) mass is 333 g/mol. The molecule has 1 aliphatic rings. The molecule has 1 saturated heterocycles. The minimum Gasteiger partial charge on any atom is -0.294 e. The van der Waals surface area contributed by atoms with Gasteiger partial charge in [-0.1, -0.05) is 11.6 Å². The number of hydrogen-bond donors (Lipinski definition) is 0. The molecule has 0 spiro atoms. The molecule has 0 aliphatic carbocycles. The highest BCUT2D eigenvalue weighted by atomic mass is 35.5. The standard InChI is InChI=1S/C14H17ClFNO3S/c1-21(19,20)17-6-2-3-10(9-17)7-14(18)12-5-4-11(15)8-13(12)16/h4-5,8,10H,2-3,6-7,9H2,1H3. The highest BCUT2D eigenvalue weighted by Gasteiger charge is 2.28. The first kappa shape index (κ1) is 16.4. The Kier molecular flexibility index (Phi) is 5.01. The molecule has 0 aromatic heterocycles. The fourth-order valence-corrected chi connectivity index (χ4v) is 3.68. The van der Waals surface area contributed by atoms with Crippen molar-refractivity contribution in [2.75, 3.05) is 19.3 Å². The third-order valence-corrected chi connectivity index (χ3v) is 5.16. The molecule has 0 N–H and O–H groups in total. The van der Waals surface area contributed by atoms with E-state index in [4.69, 9.17) is 11.6 Å². The maximum atomic E-state index is 13.7. The second-order valence-corrected chi connectivity index (χ2v) is 7.80. The zero-order valence-corrected chi connectivity index (χ0v) is 13.3. The largest absolute Gasteiger partial charge is 0.294 e. The fraction of sp³-hybridized carbons (Fsp3) is 0.500. The number of benzene rings is 1. The van der Waals surface area contributed by atoms with Crippen molar-refractivity contribution < 1.29 is 17.6 Å². The Morgan fingerprint density at radius 1 is 1.48 bits per heavy atom. The quantitative estimate of drug-likeness (QED) is 0.796. The van der Waals surface area contributed by atoms with Crippen LogP contribution in [-0.2, 0) is 10.0 Å². The summed E-state index contributed by atoms with van der Waals surface area (Å²) in [4.78, 5) is 12.2. The molecule has 21 heavy (non-hydrogen) atoms. The SMILES string of the molecule is CS(=O)(=O)N1CCCC(CC(=O)c2ccc(Cl)cc2F)C1. The van der Waals surface area contributed by atoms with E-state index in [2.05, 4.69) is 0 Å². The summed E-state index contributed by atoms with van der Waals surface area (Å²) in [6, 6.07) is 3.96. The summed E-state index contributed by atoms with van der Waals surface area (Å²) in [6.07, 6.45) is 2.79. The molecule has 4 nitrogen and oxygen atoms in total. The molecule has 1 unspecified atom stereocenters. The van der Waals surface area contributed by atoms with Crippen molar-refractivity contribution in [1.29, 1.82) is 0 Å². The molecule has 7 heteroatoms. The van der Waals surface area contributed by atoms with Crippen molar-refractivity contribution in [3.8, 4) is 0 Å². The van der Waals surface area contributed by atoms with Crippen LogP contribution in [0.15, 0.2) is 18.2 Å². The molecule has 1 fully saturated rings.